The maximum atomic E-state index is 12.4. The Bertz CT molecular complexity index is 798. The molecule has 2 rings (SSSR count). The first-order chi connectivity index (χ1) is 10.8. The summed E-state index contributed by atoms with van der Waals surface area (Å²) >= 11 is 5.69. The lowest BCUT2D eigenvalue weighted by Gasteiger charge is -2.04. The van der Waals surface area contributed by atoms with Crippen LogP contribution in [0.25, 0.3) is 0 Å². The molecule has 0 heterocycles. The summed E-state index contributed by atoms with van der Waals surface area (Å²) in [6, 6.07) is 7.65. The largest absolute Gasteiger partial charge is 0.507 e. The van der Waals surface area contributed by atoms with E-state index in [4.69, 9.17) is 11.6 Å². The van der Waals surface area contributed by atoms with Crippen molar-refractivity contribution in [2.75, 3.05) is 0 Å². The van der Waals surface area contributed by atoms with Crippen LogP contribution in [-0.4, -0.2) is 11.0 Å². The van der Waals surface area contributed by atoms with Gasteiger partial charge >= 0.3 is 12.1 Å². The molecule has 0 spiro atoms. The average molecular weight is 343 g/mol. The Morgan fingerprint density at radius 3 is 2.39 bits per heavy atom. The molecule has 0 aliphatic heterocycles. The van der Waals surface area contributed by atoms with Crippen molar-refractivity contribution in [1.82, 2.24) is 4.91 Å². The Kier molecular flexibility index (Phi) is 4.78. The van der Waals surface area contributed by atoms with Crippen LogP contribution in [0.4, 0.5) is 18.9 Å². The van der Waals surface area contributed by atoms with Crippen LogP contribution in [0.5, 0.6) is 5.75 Å². The average Bonchev–Trinajstić information content (AvgIpc) is 2.49. The highest BCUT2D eigenvalue weighted by Gasteiger charge is 2.30. The van der Waals surface area contributed by atoms with Gasteiger partial charge in [-0.2, -0.15) is 13.2 Å². The quantitative estimate of drug-likeness (QED) is 0.644. The Hall–Kier alpha value is -2.70. The molecule has 118 valence electrons. The second-order valence-corrected chi connectivity index (χ2v) is 4.74. The van der Waals surface area contributed by atoms with Crippen molar-refractivity contribution < 1.29 is 23.1 Å². The first-order valence-corrected chi connectivity index (χ1v) is 6.47. The van der Waals surface area contributed by atoms with Crippen molar-refractivity contribution in [2.24, 2.45) is 10.2 Å². The number of phenolic OH excluding ortho intramolecular Hbond substituents is 1. The number of carbonyl (C=O) groups is 1. The van der Waals surface area contributed by atoms with Crippen molar-refractivity contribution in [3.05, 3.63) is 58.6 Å². The van der Waals surface area contributed by atoms with Crippen molar-refractivity contribution in [2.45, 2.75) is 6.18 Å². The number of alkyl halides is 3. The van der Waals surface area contributed by atoms with Gasteiger partial charge in [0.15, 0.2) is 10.8 Å². The highest BCUT2D eigenvalue weighted by molar-refractivity contribution is 6.31. The van der Waals surface area contributed by atoms with Crippen LogP contribution in [-0.2, 0) is 6.18 Å². The summed E-state index contributed by atoms with van der Waals surface area (Å²) in [5.74, 6) is -1.21. The van der Waals surface area contributed by atoms with Crippen LogP contribution in [0.1, 0.15) is 15.9 Å². The zero-order chi connectivity index (χ0) is 17.0. The molecule has 0 unspecified atom stereocenters. The molecule has 0 aromatic heterocycles. The van der Waals surface area contributed by atoms with Gasteiger partial charge < -0.3 is 5.11 Å². The summed E-state index contributed by atoms with van der Waals surface area (Å²) in [4.78, 5) is 15.0. The van der Waals surface area contributed by atoms with Crippen LogP contribution in [0.15, 0.2) is 52.7 Å². The summed E-state index contributed by atoms with van der Waals surface area (Å²) in [5.41, 5.74) is -0.901. The number of amides is 1. The molecule has 0 atom stereocenters. The number of benzene rings is 2. The highest BCUT2D eigenvalue weighted by atomic mass is 35.5. The minimum Gasteiger partial charge on any atom is -0.507 e. The van der Waals surface area contributed by atoms with E-state index in [1.54, 1.807) is 0 Å². The number of phenols is 1. The van der Waals surface area contributed by atoms with E-state index in [1.807, 2.05) is 0 Å². The molecule has 1 amide bonds. The van der Waals surface area contributed by atoms with Gasteiger partial charge in [-0.3, -0.25) is 4.79 Å². The van der Waals surface area contributed by atoms with Gasteiger partial charge in [0, 0.05) is 5.02 Å². The van der Waals surface area contributed by atoms with Gasteiger partial charge in [0.25, 0.3) is 0 Å². The third kappa shape index (κ3) is 4.38. The number of halogens is 4. The summed E-state index contributed by atoms with van der Waals surface area (Å²) < 4.78 is 37.2. The number of aromatic hydroxyl groups is 1. The van der Waals surface area contributed by atoms with E-state index in [1.165, 1.54) is 18.2 Å². The molecular weight excluding hydrogens is 335 g/mol. The van der Waals surface area contributed by atoms with Crippen molar-refractivity contribution in [3.8, 4) is 5.75 Å². The maximum absolute atomic E-state index is 12.4. The van der Waals surface area contributed by atoms with Crippen LogP contribution >= 0.6 is 11.6 Å². The summed E-state index contributed by atoms with van der Waals surface area (Å²) in [6.45, 7) is 0. The van der Waals surface area contributed by atoms with Crippen LogP contribution < -0.4 is 4.91 Å². The molecule has 5 nitrogen and oxygen atoms in total. The minimum absolute atomic E-state index is 0.0878. The van der Waals surface area contributed by atoms with E-state index in [0.29, 0.717) is 0 Å². The molecule has 0 bridgehead atoms. The van der Waals surface area contributed by atoms with Gasteiger partial charge in [-0.1, -0.05) is 11.6 Å². The number of nitrogens with zero attached hydrogens (tertiary/aromatic N) is 3. The predicted molar refractivity (Wildman–Crippen MR) is 75.5 cm³/mol. The molecular formula is C14H8ClF3N3O2+. The van der Waals surface area contributed by atoms with Crippen molar-refractivity contribution in [3.63, 3.8) is 0 Å². The van der Waals surface area contributed by atoms with Gasteiger partial charge in [0.1, 0.15) is 5.75 Å². The molecule has 0 saturated heterocycles. The Morgan fingerprint density at radius 2 is 1.78 bits per heavy atom. The molecule has 0 radical (unpaired) electrons. The number of hydrogen-bond acceptors (Lipinski definition) is 3. The fraction of sp³-hybridized carbons (Fsp3) is 0.0714. The molecule has 0 fully saturated rings. The zero-order valence-corrected chi connectivity index (χ0v) is 12.0. The fourth-order valence-corrected chi connectivity index (χ4v) is 1.74. The minimum atomic E-state index is -4.44. The monoisotopic (exact) mass is 342 g/mol. The summed E-state index contributed by atoms with van der Waals surface area (Å²) in [5, 5.41) is 16.5. The third-order valence-electron chi connectivity index (χ3n) is 2.68. The first kappa shape index (κ1) is 16.7. The van der Waals surface area contributed by atoms with Crippen molar-refractivity contribution >= 4 is 23.2 Å². The molecule has 0 aliphatic rings. The molecule has 0 saturated carbocycles. The van der Waals surface area contributed by atoms with E-state index in [0.717, 1.165) is 24.3 Å². The lowest BCUT2D eigenvalue weighted by Crippen LogP contribution is -2.03. The zero-order valence-electron chi connectivity index (χ0n) is 11.3. The second-order valence-electron chi connectivity index (χ2n) is 4.30. The van der Waals surface area contributed by atoms with E-state index in [2.05, 4.69) is 15.1 Å². The van der Waals surface area contributed by atoms with Gasteiger partial charge in [0.05, 0.1) is 11.1 Å². The predicted octanol–water partition coefficient (Wildman–Crippen LogP) is 4.51. The second kappa shape index (κ2) is 6.60. The SMILES string of the molecule is O=C(N=[N+]=Nc1ccc(C(F)(F)F)cc1)c1cc(Cl)ccc1O. The first-order valence-electron chi connectivity index (χ1n) is 6.09. The molecule has 23 heavy (non-hydrogen) atoms. The molecule has 0 aliphatic carbocycles. The number of carbonyl (C=O) groups excluding carboxylic acids is 1. The Balaban J connectivity index is 2.17. The highest BCUT2D eigenvalue weighted by Crippen LogP contribution is 2.30. The van der Waals surface area contributed by atoms with E-state index in [9.17, 15) is 23.1 Å². The van der Waals surface area contributed by atoms with Crippen LogP contribution in [0.2, 0.25) is 5.02 Å². The Labute approximate surface area is 132 Å². The van der Waals surface area contributed by atoms with Gasteiger partial charge in [-0.25, -0.2) is 0 Å². The number of rotatable bonds is 2. The molecule has 9 heteroatoms. The molecule has 2 aromatic rings. The van der Waals surface area contributed by atoms with Crippen LogP contribution in [0.3, 0.4) is 0 Å². The summed E-state index contributed by atoms with van der Waals surface area (Å²) in [7, 11) is 0. The Morgan fingerprint density at radius 1 is 1.13 bits per heavy atom. The van der Waals surface area contributed by atoms with Gasteiger partial charge in [-0.05, 0) is 42.5 Å². The normalized spacial score (nSPS) is 10.8. The fourth-order valence-electron chi connectivity index (χ4n) is 1.57. The van der Waals surface area contributed by atoms with E-state index >= 15 is 0 Å². The van der Waals surface area contributed by atoms with Gasteiger partial charge in [-0.15, -0.1) is 0 Å². The standard InChI is InChI=1S/C14H7ClF3N3O2/c15-9-3-6-12(22)11(7-9)13(23)20-21-19-10-4-1-8(2-5-10)14(16,17)18/h1-7H/p+1. The van der Waals surface area contributed by atoms with Crippen LogP contribution in [0, 0.1) is 0 Å². The number of hydrogen-bond donors (Lipinski definition) is 1. The topological polar surface area (TPSA) is 76.1 Å². The molecule has 1 N–H and O–H groups in total. The smallest absolute Gasteiger partial charge is 0.416 e. The van der Waals surface area contributed by atoms with Gasteiger partial charge in [0.2, 0.25) is 10.0 Å². The third-order valence-corrected chi connectivity index (χ3v) is 2.91. The van der Waals surface area contributed by atoms with Crippen molar-refractivity contribution in [1.29, 1.82) is 0 Å². The summed E-state index contributed by atoms with van der Waals surface area (Å²) in [6.07, 6.45) is -4.44. The molecule has 2 aromatic carbocycles. The lowest BCUT2D eigenvalue weighted by molar-refractivity contribution is -0.137. The van der Waals surface area contributed by atoms with E-state index in [-0.39, 0.29) is 22.0 Å². The maximum Gasteiger partial charge on any atom is 0.416 e. The van der Waals surface area contributed by atoms with E-state index < -0.39 is 17.6 Å². The lowest BCUT2D eigenvalue weighted by atomic mass is 10.2.